The van der Waals surface area contributed by atoms with E-state index in [0.717, 1.165) is 36.5 Å². The van der Waals surface area contributed by atoms with E-state index in [0.29, 0.717) is 6.61 Å². The smallest absolute Gasteiger partial charge is 0.254 e. The van der Waals surface area contributed by atoms with Gasteiger partial charge in [-0.15, -0.1) is 0 Å². The lowest BCUT2D eigenvalue weighted by molar-refractivity contribution is 0.0655. The third-order valence-electron chi connectivity index (χ3n) is 3.48. The van der Waals surface area contributed by atoms with E-state index in [9.17, 15) is 4.79 Å². The first-order valence-electron chi connectivity index (χ1n) is 6.88. The van der Waals surface area contributed by atoms with Crippen molar-refractivity contribution in [3.63, 3.8) is 0 Å². The van der Waals surface area contributed by atoms with Crippen LogP contribution in [0.2, 0.25) is 0 Å². The van der Waals surface area contributed by atoms with Crippen LogP contribution < -0.4 is 10.1 Å². The zero-order valence-corrected chi connectivity index (χ0v) is 11.9. The number of hydrogen-bond donors (Lipinski definition) is 1. The highest BCUT2D eigenvalue weighted by Crippen LogP contribution is 2.20. The topological polar surface area (TPSA) is 41.6 Å². The molecule has 1 N–H and O–H groups in total. The molecule has 1 saturated heterocycles. The molecule has 1 aromatic carbocycles. The standard InChI is InChI=1S/C15H22N2O2/c1-4-19-14-6-5-13(9-11(14)2)15(18)17-8-7-16-10-12(17)3/h5-6,9,12,16H,4,7-8,10H2,1-3H3. The SMILES string of the molecule is CCOc1ccc(C(=O)N2CCNCC2C)cc1C. The summed E-state index contributed by atoms with van der Waals surface area (Å²) < 4.78 is 5.50. The maximum Gasteiger partial charge on any atom is 0.254 e. The van der Waals surface area contributed by atoms with Crippen LogP contribution in [0.25, 0.3) is 0 Å². The van der Waals surface area contributed by atoms with Crippen molar-refractivity contribution in [1.82, 2.24) is 10.2 Å². The number of rotatable bonds is 3. The van der Waals surface area contributed by atoms with Crippen LogP contribution in [0.1, 0.15) is 29.8 Å². The summed E-state index contributed by atoms with van der Waals surface area (Å²) in [6.07, 6.45) is 0. The lowest BCUT2D eigenvalue weighted by atomic mass is 10.1. The Labute approximate surface area is 114 Å². The van der Waals surface area contributed by atoms with E-state index in [1.807, 2.05) is 36.9 Å². The summed E-state index contributed by atoms with van der Waals surface area (Å²) in [5, 5.41) is 3.29. The molecular formula is C15H22N2O2. The van der Waals surface area contributed by atoms with Gasteiger partial charge in [-0.3, -0.25) is 4.79 Å². The quantitative estimate of drug-likeness (QED) is 0.903. The molecule has 4 heteroatoms. The zero-order valence-electron chi connectivity index (χ0n) is 11.9. The summed E-state index contributed by atoms with van der Waals surface area (Å²) in [6.45, 7) is 9.15. The van der Waals surface area contributed by atoms with Crippen molar-refractivity contribution in [2.75, 3.05) is 26.2 Å². The van der Waals surface area contributed by atoms with Crippen molar-refractivity contribution in [1.29, 1.82) is 0 Å². The molecule has 0 aromatic heterocycles. The average molecular weight is 262 g/mol. The number of amides is 1. The summed E-state index contributed by atoms with van der Waals surface area (Å²) in [4.78, 5) is 14.4. The molecule has 104 valence electrons. The summed E-state index contributed by atoms with van der Waals surface area (Å²) >= 11 is 0. The molecule has 1 fully saturated rings. The Morgan fingerprint density at radius 3 is 2.95 bits per heavy atom. The molecule has 0 aliphatic carbocycles. The molecule has 1 unspecified atom stereocenters. The minimum Gasteiger partial charge on any atom is -0.494 e. The zero-order chi connectivity index (χ0) is 13.8. The second-order valence-electron chi connectivity index (χ2n) is 4.96. The summed E-state index contributed by atoms with van der Waals surface area (Å²) in [5.41, 5.74) is 1.75. The molecule has 0 spiro atoms. The lowest BCUT2D eigenvalue weighted by Crippen LogP contribution is -2.52. The number of carbonyl (C=O) groups excluding carboxylic acids is 1. The molecule has 0 bridgehead atoms. The number of nitrogens with zero attached hydrogens (tertiary/aromatic N) is 1. The molecule has 1 amide bonds. The van der Waals surface area contributed by atoms with E-state index >= 15 is 0 Å². The van der Waals surface area contributed by atoms with E-state index in [1.165, 1.54) is 0 Å². The summed E-state index contributed by atoms with van der Waals surface area (Å²) in [6, 6.07) is 5.91. The van der Waals surface area contributed by atoms with Crippen LogP contribution in [0.3, 0.4) is 0 Å². The first-order chi connectivity index (χ1) is 9.13. The van der Waals surface area contributed by atoms with Gasteiger partial charge in [0.25, 0.3) is 5.91 Å². The van der Waals surface area contributed by atoms with Gasteiger partial charge in [0.2, 0.25) is 0 Å². The normalized spacial score (nSPS) is 19.3. The Morgan fingerprint density at radius 2 is 2.32 bits per heavy atom. The van der Waals surface area contributed by atoms with E-state index in [4.69, 9.17) is 4.74 Å². The third-order valence-corrected chi connectivity index (χ3v) is 3.48. The molecular weight excluding hydrogens is 240 g/mol. The molecule has 1 aromatic rings. The highest BCUT2D eigenvalue weighted by Gasteiger charge is 2.24. The van der Waals surface area contributed by atoms with E-state index in [2.05, 4.69) is 12.2 Å². The van der Waals surface area contributed by atoms with E-state index < -0.39 is 0 Å². The average Bonchev–Trinajstić information content (AvgIpc) is 2.41. The van der Waals surface area contributed by atoms with Gasteiger partial charge in [0.05, 0.1) is 6.61 Å². The van der Waals surface area contributed by atoms with E-state index in [-0.39, 0.29) is 11.9 Å². The van der Waals surface area contributed by atoms with Crippen LogP contribution in [0.15, 0.2) is 18.2 Å². The minimum atomic E-state index is 0.111. The van der Waals surface area contributed by atoms with Gasteiger partial charge in [-0.1, -0.05) is 0 Å². The largest absolute Gasteiger partial charge is 0.494 e. The van der Waals surface area contributed by atoms with Crippen molar-refractivity contribution in [3.05, 3.63) is 29.3 Å². The summed E-state index contributed by atoms with van der Waals surface area (Å²) in [5.74, 6) is 0.965. The molecule has 1 aliphatic heterocycles. The molecule has 2 rings (SSSR count). The van der Waals surface area contributed by atoms with Gasteiger partial charge < -0.3 is 15.0 Å². The van der Waals surface area contributed by atoms with Crippen molar-refractivity contribution in [3.8, 4) is 5.75 Å². The Balaban J connectivity index is 2.17. The highest BCUT2D eigenvalue weighted by atomic mass is 16.5. The molecule has 1 atom stereocenters. The predicted octanol–water partition coefficient (Wildman–Crippen LogP) is 1.83. The number of aryl methyl sites for hydroxylation is 1. The number of hydrogen-bond acceptors (Lipinski definition) is 3. The fourth-order valence-electron chi connectivity index (χ4n) is 2.41. The van der Waals surface area contributed by atoms with Crippen LogP contribution >= 0.6 is 0 Å². The predicted molar refractivity (Wildman–Crippen MR) is 75.7 cm³/mol. The van der Waals surface area contributed by atoms with Crippen LogP contribution in [-0.4, -0.2) is 43.1 Å². The van der Waals surface area contributed by atoms with Crippen molar-refractivity contribution >= 4 is 5.91 Å². The number of carbonyl (C=O) groups is 1. The monoisotopic (exact) mass is 262 g/mol. The van der Waals surface area contributed by atoms with Gasteiger partial charge in [-0.2, -0.15) is 0 Å². The Bertz CT molecular complexity index is 459. The highest BCUT2D eigenvalue weighted by molar-refractivity contribution is 5.95. The minimum absolute atomic E-state index is 0.111. The fraction of sp³-hybridized carbons (Fsp3) is 0.533. The molecule has 1 aliphatic rings. The van der Waals surface area contributed by atoms with Crippen LogP contribution in [0.5, 0.6) is 5.75 Å². The van der Waals surface area contributed by atoms with Crippen LogP contribution in [0.4, 0.5) is 0 Å². The Kier molecular flexibility index (Phi) is 4.43. The van der Waals surface area contributed by atoms with Crippen molar-refractivity contribution in [2.24, 2.45) is 0 Å². The second kappa shape index (κ2) is 6.06. The fourth-order valence-corrected chi connectivity index (χ4v) is 2.41. The van der Waals surface area contributed by atoms with Crippen LogP contribution in [0, 0.1) is 6.92 Å². The molecule has 1 heterocycles. The molecule has 0 radical (unpaired) electrons. The number of piperazine rings is 1. The first-order valence-corrected chi connectivity index (χ1v) is 6.88. The van der Waals surface area contributed by atoms with Gasteiger partial charge in [0.15, 0.2) is 0 Å². The molecule has 19 heavy (non-hydrogen) atoms. The number of nitrogens with one attached hydrogen (secondary N) is 1. The number of ether oxygens (including phenoxy) is 1. The van der Waals surface area contributed by atoms with Gasteiger partial charge in [0, 0.05) is 31.2 Å². The maximum atomic E-state index is 12.5. The maximum absolute atomic E-state index is 12.5. The van der Waals surface area contributed by atoms with Gasteiger partial charge >= 0.3 is 0 Å². The molecule has 0 saturated carbocycles. The van der Waals surface area contributed by atoms with E-state index in [1.54, 1.807) is 0 Å². The Hall–Kier alpha value is -1.55. The van der Waals surface area contributed by atoms with Gasteiger partial charge in [-0.05, 0) is 44.5 Å². The first kappa shape index (κ1) is 13.9. The van der Waals surface area contributed by atoms with Crippen molar-refractivity contribution in [2.45, 2.75) is 26.8 Å². The number of benzene rings is 1. The van der Waals surface area contributed by atoms with Gasteiger partial charge in [0.1, 0.15) is 5.75 Å². The lowest BCUT2D eigenvalue weighted by Gasteiger charge is -2.34. The third kappa shape index (κ3) is 3.07. The second-order valence-corrected chi connectivity index (χ2v) is 4.96. The molecule has 4 nitrogen and oxygen atoms in total. The summed E-state index contributed by atoms with van der Waals surface area (Å²) in [7, 11) is 0. The van der Waals surface area contributed by atoms with Gasteiger partial charge in [-0.25, -0.2) is 0 Å². The van der Waals surface area contributed by atoms with Crippen LogP contribution in [-0.2, 0) is 0 Å². The van der Waals surface area contributed by atoms with Crippen molar-refractivity contribution < 1.29 is 9.53 Å². The Morgan fingerprint density at radius 1 is 1.53 bits per heavy atom.